The molecule has 1 unspecified atom stereocenters. The minimum atomic E-state index is -3.51. The molecule has 1 aromatic carbocycles. The zero-order chi connectivity index (χ0) is 13.9. The first-order valence-electron chi connectivity index (χ1n) is 6.02. The van der Waals surface area contributed by atoms with Gasteiger partial charge in [-0.1, -0.05) is 28.9 Å². The molecule has 102 valence electrons. The van der Waals surface area contributed by atoms with Gasteiger partial charge in [0.1, 0.15) is 0 Å². The number of benzene rings is 1. The molecule has 2 rings (SSSR count). The number of pyridine rings is 1. The quantitative estimate of drug-likeness (QED) is 0.850. The zero-order valence-corrected chi connectivity index (χ0v) is 12.9. The Morgan fingerprint density at radius 2 is 2.11 bits per heavy atom. The molecule has 2 aromatic rings. The van der Waals surface area contributed by atoms with Gasteiger partial charge in [0.15, 0.2) is 0 Å². The molecule has 1 atom stereocenters. The monoisotopic (exact) mass is 342 g/mol. The fraction of sp³-hybridized carbons (Fsp3) is 0.308. The third kappa shape index (κ3) is 3.32. The van der Waals surface area contributed by atoms with Crippen LogP contribution in [-0.2, 0) is 10.0 Å². The molecule has 4 nitrogen and oxygen atoms in total. The summed E-state index contributed by atoms with van der Waals surface area (Å²) in [6.45, 7) is 2.37. The van der Waals surface area contributed by atoms with E-state index in [0.717, 1.165) is 6.42 Å². The van der Waals surface area contributed by atoms with Gasteiger partial charge >= 0.3 is 0 Å². The molecule has 0 spiro atoms. The van der Waals surface area contributed by atoms with Gasteiger partial charge < -0.3 is 0 Å². The molecule has 0 fully saturated rings. The molecule has 1 aromatic heterocycles. The Morgan fingerprint density at radius 1 is 1.32 bits per heavy atom. The Labute approximate surface area is 121 Å². The molecular formula is C13H15BrN2O2S. The third-order valence-electron chi connectivity index (χ3n) is 2.83. The lowest BCUT2D eigenvalue weighted by atomic mass is 10.2. The smallest absolute Gasteiger partial charge is 0.241 e. The van der Waals surface area contributed by atoms with Crippen LogP contribution in [0.25, 0.3) is 10.9 Å². The molecule has 0 bridgehead atoms. The van der Waals surface area contributed by atoms with Gasteiger partial charge in [-0.3, -0.25) is 4.98 Å². The molecule has 0 radical (unpaired) electrons. The van der Waals surface area contributed by atoms with Gasteiger partial charge in [0.2, 0.25) is 10.0 Å². The van der Waals surface area contributed by atoms with Crippen molar-refractivity contribution in [1.29, 1.82) is 0 Å². The number of fused-ring (bicyclic) bond motifs is 1. The summed E-state index contributed by atoms with van der Waals surface area (Å²) >= 11 is 3.41. The van der Waals surface area contributed by atoms with E-state index in [2.05, 4.69) is 25.6 Å². The average Bonchev–Trinajstić information content (AvgIpc) is 2.44. The average molecular weight is 343 g/mol. The lowest BCUT2D eigenvalue weighted by molar-refractivity contribution is 0.581. The fourth-order valence-corrected chi connectivity index (χ4v) is 3.40. The van der Waals surface area contributed by atoms with Crippen LogP contribution in [0.15, 0.2) is 41.4 Å². The van der Waals surface area contributed by atoms with Crippen molar-refractivity contribution in [2.45, 2.75) is 23.1 Å². The van der Waals surface area contributed by atoms with Gasteiger partial charge in [-0.2, -0.15) is 0 Å². The maximum Gasteiger partial charge on any atom is 0.241 e. The maximum atomic E-state index is 12.3. The van der Waals surface area contributed by atoms with Crippen LogP contribution in [-0.4, -0.2) is 24.8 Å². The van der Waals surface area contributed by atoms with Crippen LogP contribution in [0, 0.1) is 0 Å². The molecule has 0 saturated heterocycles. The van der Waals surface area contributed by atoms with Crippen molar-refractivity contribution in [3.63, 3.8) is 0 Å². The van der Waals surface area contributed by atoms with Gasteiger partial charge in [0.05, 0.1) is 10.4 Å². The second-order valence-corrected chi connectivity index (χ2v) is 7.21. The van der Waals surface area contributed by atoms with E-state index in [0.29, 0.717) is 17.4 Å². The standard InChI is InChI=1S/C13H15BrN2O2S/c1-2-10(14)9-16-19(17,18)13-7-3-6-12-11(13)5-4-8-15-12/h3-8,10,16H,2,9H2,1H3. The van der Waals surface area contributed by atoms with E-state index in [1.54, 1.807) is 36.5 Å². The van der Waals surface area contributed by atoms with Crippen molar-refractivity contribution in [3.05, 3.63) is 36.5 Å². The SMILES string of the molecule is CCC(Br)CNS(=O)(=O)c1cccc2ncccc12. The number of hydrogen-bond acceptors (Lipinski definition) is 3. The van der Waals surface area contributed by atoms with Crippen molar-refractivity contribution in [2.75, 3.05) is 6.54 Å². The van der Waals surface area contributed by atoms with Gasteiger partial charge in [0, 0.05) is 23.0 Å². The van der Waals surface area contributed by atoms with E-state index in [1.807, 2.05) is 6.92 Å². The van der Waals surface area contributed by atoms with Gasteiger partial charge in [-0.25, -0.2) is 13.1 Å². The van der Waals surface area contributed by atoms with E-state index in [9.17, 15) is 8.42 Å². The normalized spacial score (nSPS) is 13.6. The molecule has 0 aliphatic heterocycles. The number of halogens is 1. The van der Waals surface area contributed by atoms with Crippen LogP contribution in [0.2, 0.25) is 0 Å². The van der Waals surface area contributed by atoms with Crippen molar-refractivity contribution < 1.29 is 8.42 Å². The first kappa shape index (κ1) is 14.4. The van der Waals surface area contributed by atoms with Crippen LogP contribution < -0.4 is 4.72 Å². The first-order valence-corrected chi connectivity index (χ1v) is 8.42. The summed E-state index contributed by atoms with van der Waals surface area (Å²) in [7, 11) is -3.51. The van der Waals surface area contributed by atoms with Crippen molar-refractivity contribution in [2.24, 2.45) is 0 Å². The van der Waals surface area contributed by atoms with E-state index >= 15 is 0 Å². The lowest BCUT2D eigenvalue weighted by Gasteiger charge is -2.11. The summed E-state index contributed by atoms with van der Waals surface area (Å²) in [6, 6.07) is 8.60. The summed E-state index contributed by atoms with van der Waals surface area (Å²) in [5.74, 6) is 0. The van der Waals surface area contributed by atoms with Gasteiger partial charge in [0.25, 0.3) is 0 Å². The molecule has 1 heterocycles. The Hall–Kier alpha value is -0.980. The van der Waals surface area contributed by atoms with Gasteiger partial charge in [-0.15, -0.1) is 0 Å². The van der Waals surface area contributed by atoms with Crippen molar-refractivity contribution >= 4 is 36.9 Å². The molecule has 6 heteroatoms. The molecule has 0 aliphatic carbocycles. The minimum Gasteiger partial charge on any atom is -0.256 e. The highest BCUT2D eigenvalue weighted by Gasteiger charge is 2.18. The predicted molar refractivity (Wildman–Crippen MR) is 79.9 cm³/mol. The van der Waals surface area contributed by atoms with Crippen LogP contribution >= 0.6 is 15.9 Å². The number of aromatic nitrogens is 1. The maximum absolute atomic E-state index is 12.3. The molecule has 0 saturated carbocycles. The number of hydrogen-bond donors (Lipinski definition) is 1. The first-order chi connectivity index (χ1) is 9.04. The number of sulfonamides is 1. The van der Waals surface area contributed by atoms with Crippen LogP contribution in [0.5, 0.6) is 0 Å². The summed E-state index contributed by atoms with van der Waals surface area (Å²) in [4.78, 5) is 4.57. The van der Waals surface area contributed by atoms with E-state index in [4.69, 9.17) is 0 Å². The minimum absolute atomic E-state index is 0.135. The second-order valence-electron chi connectivity index (χ2n) is 4.18. The molecular weight excluding hydrogens is 328 g/mol. The van der Waals surface area contributed by atoms with Crippen LogP contribution in [0.1, 0.15) is 13.3 Å². The highest BCUT2D eigenvalue weighted by atomic mass is 79.9. The molecule has 1 N–H and O–H groups in total. The molecule has 0 amide bonds. The van der Waals surface area contributed by atoms with Crippen molar-refractivity contribution in [3.8, 4) is 0 Å². The van der Waals surface area contributed by atoms with Crippen LogP contribution in [0.4, 0.5) is 0 Å². The third-order valence-corrected chi connectivity index (χ3v) is 5.29. The summed E-state index contributed by atoms with van der Waals surface area (Å²) in [6.07, 6.45) is 2.51. The zero-order valence-electron chi connectivity index (χ0n) is 10.5. The van der Waals surface area contributed by atoms with E-state index < -0.39 is 10.0 Å². The lowest BCUT2D eigenvalue weighted by Crippen LogP contribution is -2.29. The van der Waals surface area contributed by atoms with Crippen LogP contribution in [0.3, 0.4) is 0 Å². The van der Waals surface area contributed by atoms with E-state index in [-0.39, 0.29) is 9.72 Å². The van der Waals surface area contributed by atoms with E-state index in [1.165, 1.54) is 0 Å². The Bertz CT molecular complexity index is 668. The Kier molecular flexibility index (Phi) is 4.54. The number of nitrogens with zero attached hydrogens (tertiary/aromatic N) is 1. The number of rotatable bonds is 5. The predicted octanol–water partition coefficient (Wildman–Crippen LogP) is 2.69. The fourth-order valence-electron chi connectivity index (χ4n) is 1.73. The second kappa shape index (κ2) is 5.98. The molecule has 0 aliphatic rings. The summed E-state index contributed by atoms with van der Waals surface area (Å²) in [5, 5.41) is 0.639. The summed E-state index contributed by atoms with van der Waals surface area (Å²) < 4.78 is 27.2. The Morgan fingerprint density at radius 3 is 2.84 bits per heavy atom. The Balaban J connectivity index is 2.38. The highest BCUT2D eigenvalue weighted by molar-refractivity contribution is 9.09. The highest BCUT2D eigenvalue weighted by Crippen LogP contribution is 2.21. The summed E-state index contributed by atoms with van der Waals surface area (Å²) in [5.41, 5.74) is 0.677. The number of nitrogens with one attached hydrogen (secondary N) is 1. The topological polar surface area (TPSA) is 59.1 Å². The van der Waals surface area contributed by atoms with Crippen molar-refractivity contribution in [1.82, 2.24) is 9.71 Å². The van der Waals surface area contributed by atoms with Gasteiger partial charge in [-0.05, 0) is 30.7 Å². The molecule has 19 heavy (non-hydrogen) atoms. The largest absolute Gasteiger partial charge is 0.256 e. The number of alkyl halides is 1.